The number of aryl methyl sites for hydroxylation is 1. The van der Waals surface area contributed by atoms with Gasteiger partial charge in [-0.15, -0.1) is 11.3 Å². The maximum atomic E-state index is 13.9. The van der Waals surface area contributed by atoms with Crippen LogP contribution in [0.2, 0.25) is 0 Å². The van der Waals surface area contributed by atoms with E-state index in [1.807, 2.05) is 86.8 Å². The van der Waals surface area contributed by atoms with Crippen LogP contribution in [0.25, 0.3) is 0 Å². The first kappa shape index (κ1) is 33.8. The van der Waals surface area contributed by atoms with Crippen LogP contribution in [0.3, 0.4) is 0 Å². The molecule has 45 heavy (non-hydrogen) atoms. The molecule has 9 heteroatoms. The maximum absolute atomic E-state index is 13.9. The maximum Gasteiger partial charge on any atom is 0.254 e. The molecule has 0 radical (unpaired) electrons. The normalized spacial score (nSPS) is 12.7. The number of carbonyl (C=O) groups excluding carboxylic acids is 2. The minimum atomic E-state index is -0.885. The van der Waals surface area contributed by atoms with Crippen molar-refractivity contribution in [3.8, 4) is 0 Å². The lowest BCUT2D eigenvalue weighted by molar-refractivity contribution is 0.0784. The Bertz CT molecular complexity index is 1590. The molecule has 2 aromatic carbocycles. The Morgan fingerprint density at radius 1 is 0.933 bits per heavy atom. The molecule has 0 bridgehead atoms. The largest absolute Gasteiger partial charge is 0.389 e. The van der Waals surface area contributed by atoms with Crippen molar-refractivity contribution < 1.29 is 14.7 Å². The number of anilines is 1. The smallest absolute Gasteiger partial charge is 0.254 e. The number of aromatic nitrogens is 2. The van der Waals surface area contributed by atoms with Crippen molar-refractivity contribution in [2.24, 2.45) is 0 Å². The number of nitrogens with zero attached hydrogens (tertiary/aromatic N) is 4. The van der Waals surface area contributed by atoms with Crippen LogP contribution in [0.4, 0.5) is 5.69 Å². The molecule has 0 aliphatic carbocycles. The van der Waals surface area contributed by atoms with E-state index in [-0.39, 0.29) is 24.3 Å². The van der Waals surface area contributed by atoms with E-state index in [1.54, 1.807) is 24.2 Å². The third-order valence-corrected chi connectivity index (χ3v) is 8.86. The Hall–Kier alpha value is -4.08. The summed E-state index contributed by atoms with van der Waals surface area (Å²) in [5, 5.41) is 17.5. The number of nitrogens with one attached hydrogen (secondary N) is 1. The van der Waals surface area contributed by atoms with Gasteiger partial charge in [-0.05, 0) is 66.1 Å². The van der Waals surface area contributed by atoms with Gasteiger partial charge in [0.2, 0.25) is 0 Å². The Morgan fingerprint density at radius 2 is 1.62 bits per heavy atom. The summed E-state index contributed by atoms with van der Waals surface area (Å²) < 4.78 is 0. The molecule has 0 fully saturated rings. The summed E-state index contributed by atoms with van der Waals surface area (Å²) >= 11 is 1.52. The van der Waals surface area contributed by atoms with Gasteiger partial charge in [0.15, 0.2) is 0 Å². The van der Waals surface area contributed by atoms with Crippen molar-refractivity contribution in [3.63, 3.8) is 0 Å². The number of thiazole rings is 1. The van der Waals surface area contributed by atoms with Crippen LogP contribution in [0.15, 0.2) is 72.4 Å². The van der Waals surface area contributed by atoms with Gasteiger partial charge in [0, 0.05) is 49.0 Å². The minimum Gasteiger partial charge on any atom is -0.389 e. The van der Waals surface area contributed by atoms with Gasteiger partial charge >= 0.3 is 0 Å². The van der Waals surface area contributed by atoms with E-state index in [2.05, 4.69) is 35.2 Å². The average molecular weight is 628 g/mol. The van der Waals surface area contributed by atoms with Gasteiger partial charge in [-0.2, -0.15) is 0 Å². The number of hydrogen-bond acceptors (Lipinski definition) is 7. The first-order valence-electron chi connectivity index (χ1n) is 15.4. The van der Waals surface area contributed by atoms with Gasteiger partial charge in [-0.1, -0.05) is 58.0 Å². The summed E-state index contributed by atoms with van der Waals surface area (Å²) in [6.07, 6.45) is 3.20. The monoisotopic (exact) mass is 627 g/mol. The molecule has 0 aliphatic rings. The second kappa shape index (κ2) is 15.3. The van der Waals surface area contributed by atoms with E-state index in [1.165, 1.54) is 11.3 Å². The lowest BCUT2D eigenvalue weighted by Gasteiger charge is -2.29. The lowest BCUT2D eigenvalue weighted by Crippen LogP contribution is -2.49. The SMILES string of the molecule is Cc1csc(CN(C)C(=O)c2cc(C(=O)N[C@@H](Cc3ccccc3)[C@H](O)CN(C)c3cncc(C(C)C)c3)cc(C(C)C)c2)n1. The van der Waals surface area contributed by atoms with E-state index < -0.39 is 12.1 Å². The highest BCUT2D eigenvalue weighted by molar-refractivity contribution is 7.09. The molecule has 0 aliphatic heterocycles. The van der Waals surface area contributed by atoms with Crippen LogP contribution in [0.5, 0.6) is 0 Å². The Morgan fingerprint density at radius 3 is 2.27 bits per heavy atom. The van der Waals surface area contributed by atoms with Crippen LogP contribution < -0.4 is 10.2 Å². The van der Waals surface area contributed by atoms with E-state index >= 15 is 0 Å². The predicted molar refractivity (Wildman–Crippen MR) is 182 cm³/mol. The number of carbonyl (C=O) groups is 2. The Labute approximate surface area is 271 Å². The second-order valence-electron chi connectivity index (χ2n) is 12.4. The fourth-order valence-corrected chi connectivity index (χ4v) is 5.92. The highest BCUT2D eigenvalue weighted by Crippen LogP contribution is 2.23. The van der Waals surface area contributed by atoms with Crippen LogP contribution in [-0.4, -0.2) is 64.6 Å². The summed E-state index contributed by atoms with van der Waals surface area (Å²) in [5.74, 6) is -0.0867. The predicted octanol–water partition coefficient (Wildman–Crippen LogP) is 6.20. The fraction of sp³-hybridized carbons (Fsp3) is 0.389. The van der Waals surface area contributed by atoms with E-state index in [9.17, 15) is 14.7 Å². The fourth-order valence-electron chi connectivity index (χ4n) is 5.10. The molecule has 0 saturated heterocycles. The highest BCUT2D eigenvalue weighted by atomic mass is 32.1. The number of aliphatic hydroxyl groups is 1. The third kappa shape index (κ3) is 9.22. The minimum absolute atomic E-state index is 0.103. The third-order valence-electron chi connectivity index (χ3n) is 7.91. The van der Waals surface area contributed by atoms with Crippen molar-refractivity contribution in [1.82, 2.24) is 20.2 Å². The number of pyridine rings is 1. The molecule has 2 N–H and O–H groups in total. The highest BCUT2D eigenvalue weighted by Gasteiger charge is 2.26. The molecule has 4 aromatic rings. The standard InChI is InChI=1S/C36H45N5O3S/c1-23(2)27-14-28(16-29(15-27)36(44)41(7)21-34-38-25(5)22-45-34)35(43)39-32(13-26-11-9-8-10-12-26)33(42)20-40(6)31-17-30(24(3)4)18-37-19-31/h8-12,14-19,22-24,32-33,42H,13,20-21H2,1-7H3,(H,39,43)/t32-,33+/m0/s1. The molecule has 0 unspecified atom stereocenters. The molecule has 4 rings (SSSR count). The molecule has 2 amide bonds. The summed E-state index contributed by atoms with van der Waals surface area (Å²) in [5.41, 5.74) is 5.66. The zero-order chi connectivity index (χ0) is 32.7. The zero-order valence-corrected chi connectivity index (χ0v) is 28.1. The number of rotatable bonds is 13. The number of likely N-dealkylation sites (N-methyl/N-ethyl adjacent to an activating group) is 1. The van der Waals surface area contributed by atoms with Gasteiger partial charge in [-0.25, -0.2) is 4.98 Å². The molecule has 0 spiro atoms. The molecular weight excluding hydrogens is 582 g/mol. The van der Waals surface area contributed by atoms with Crippen molar-refractivity contribution in [1.29, 1.82) is 0 Å². The van der Waals surface area contributed by atoms with Crippen LogP contribution in [-0.2, 0) is 13.0 Å². The number of benzene rings is 2. The molecule has 0 saturated carbocycles. The number of hydrogen-bond donors (Lipinski definition) is 2. The first-order valence-corrected chi connectivity index (χ1v) is 16.3. The average Bonchev–Trinajstić information content (AvgIpc) is 3.44. The van der Waals surface area contributed by atoms with Gasteiger partial charge in [0.1, 0.15) is 5.01 Å². The Balaban J connectivity index is 1.57. The van der Waals surface area contributed by atoms with E-state index in [0.717, 1.165) is 33.1 Å². The van der Waals surface area contributed by atoms with Gasteiger partial charge in [0.05, 0.1) is 30.6 Å². The first-order chi connectivity index (χ1) is 21.4. The van der Waals surface area contributed by atoms with Crippen molar-refractivity contribution in [2.75, 3.05) is 25.5 Å². The van der Waals surface area contributed by atoms with Crippen LogP contribution >= 0.6 is 11.3 Å². The molecule has 2 atom stereocenters. The summed E-state index contributed by atoms with van der Waals surface area (Å²) in [7, 11) is 3.66. The molecule has 238 valence electrons. The quantitative estimate of drug-likeness (QED) is 0.183. The zero-order valence-electron chi connectivity index (χ0n) is 27.3. The summed E-state index contributed by atoms with van der Waals surface area (Å²) in [4.78, 5) is 39.8. The van der Waals surface area contributed by atoms with Crippen molar-refractivity contribution in [2.45, 2.75) is 71.6 Å². The van der Waals surface area contributed by atoms with Crippen molar-refractivity contribution in [3.05, 3.63) is 111 Å². The summed E-state index contributed by atoms with van der Waals surface area (Å²) in [6, 6.07) is 16.7. The van der Waals surface area contributed by atoms with Gasteiger partial charge < -0.3 is 20.2 Å². The number of amides is 2. The molecule has 2 aromatic heterocycles. The van der Waals surface area contributed by atoms with E-state index in [0.29, 0.717) is 30.0 Å². The van der Waals surface area contributed by atoms with Crippen LogP contribution in [0.1, 0.15) is 87.6 Å². The number of aliphatic hydroxyl groups excluding tert-OH is 1. The Kier molecular flexibility index (Phi) is 11.5. The van der Waals surface area contributed by atoms with Crippen LogP contribution in [0, 0.1) is 6.92 Å². The second-order valence-corrected chi connectivity index (χ2v) is 13.3. The van der Waals surface area contributed by atoms with Crippen molar-refractivity contribution >= 4 is 28.8 Å². The van der Waals surface area contributed by atoms with Gasteiger partial charge in [0.25, 0.3) is 11.8 Å². The topological polar surface area (TPSA) is 98.7 Å². The summed E-state index contributed by atoms with van der Waals surface area (Å²) in [6.45, 7) is 10.9. The molecular formula is C36H45N5O3S. The lowest BCUT2D eigenvalue weighted by atomic mass is 9.96. The molecule has 2 heterocycles. The molecule has 8 nitrogen and oxygen atoms in total. The van der Waals surface area contributed by atoms with Gasteiger partial charge in [-0.3, -0.25) is 14.6 Å². The van der Waals surface area contributed by atoms with E-state index in [4.69, 9.17) is 0 Å².